The monoisotopic (exact) mass is 315 g/mol. The summed E-state index contributed by atoms with van der Waals surface area (Å²) < 4.78 is 29.2. The fraction of sp³-hybridized carbons (Fsp3) is 0.250. The van der Waals surface area contributed by atoms with Crippen LogP contribution in [0.3, 0.4) is 0 Å². The molecule has 2 N–H and O–H groups in total. The first-order valence-corrected chi connectivity index (χ1v) is 6.24. The molecule has 0 unspecified atom stereocenters. The number of nitrogens with two attached hydrogens (primary N) is 1. The second kappa shape index (κ2) is 5.58. The fourth-order valence-electron chi connectivity index (χ4n) is 1.67. The highest BCUT2D eigenvalue weighted by Gasteiger charge is 2.13. The minimum absolute atomic E-state index is 0.0149. The summed E-state index contributed by atoms with van der Waals surface area (Å²) in [6.45, 7) is 0.602. The van der Waals surface area contributed by atoms with Crippen molar-refractivity contribution in [1.82, 2.24) is 9.55 Å². The first-order chi connectivity index (χ1) is 8.61. The molecule has 0 bridgehead atoms. The Balaban J connectivity index is 2.25. The van der Waals surface area contributed by atoms with Crippen molar-refractivity contribution < 1.29 is 8.78 Å². The Morgan fingerprint density at radius 3 is 2.83 bits per heavy atom. The Morgan fingerprint density at radius 1 is 1.33 bits per heavy atom. The van der Waals surface area contributed by atoms with Gasteiger partial charge < -0.3 is 10.3 Å². The molecule has 0 atom stereocenters. The van der Waals surface area contributed by atoms with Crippen LogP contribution in [0.2, 0.25) is 0 Å². The first kappa shape index (κ1) is 13.2. The molecule has 3 nitrogen and oxygen atoms in total. The maximum atomic E-state index is 13.8. The Kier molecular flexibility index (Phi) is 4.08. The molecule has 0 saturated heterocycles. The van der Waals surface area contributed by atoms with E-state index < -0.39 is 11.6 Å². The smallest absolute Gasteiger partial charge is 0.145 e. The predicted octanol–water partition coefficient (Wildman–Crippen LogP) is 2.47. The lowest BCUT2D eigenvalue weighted by Gasteiger charge is -2.07. The molecule has 6 heteroatoms. The summed E-state index contributed by atoms with van der Waals surface area (Å²) in [6.07, 6.45) is 3.94. The molecule has 0 amide bonds. The molecular formula is C12H12BrF2N3. The highest BCUT2D eigenvalue weighted by atomic mass is 79.9. The van der Waals surface area contributed by atoms with Gasteiger partial charge in [0, 0.05) is 18.2 Å². The number of hydrogen-bond acceptors (Lipinski definition) is 2. The minimum atomic E-state index is -0.580. The van der Waals surface area contributed by atoms with Gasteiger partial charge in [-0.2, -0.15) is 0 Å². The van der Waals surface area contributed by atoms with Crippen molar-refractivity contribution in [2.45, 2.75) is 13.0 Å². The highest BCUT2D eigenvalue weighted by Crippen LogP contribution is 2.22. The summed E-state index contributed by atoms with van der Waals surface area (Å²) in [6, 6.07) is 2.59. The van der Waals surface area contributed by atoms with Crippen LogP contribution in [0.25, 0.3) is 0 Å². The van der Waals surface area contributed by atoms with Gasteiger partial charge in [-0.15, -0.1) is 0 Å². The quantitative estimate of drug-likeness (QED) is 0.881. The Morgan fingerprint density at radius 2 is 2.11 bits per heavy atom. The van der Waals surface area contributed by atoms with Gasteiger partial charge in [0.05, 0.1) is 23.0 Å². The lowest BCUT2D eigenvalue weighted by Crippen LogP contribution is -2.04. The van der Waals surface area contributed by atoms with Gasteiger partial charge in [-0.25, -0.2) is 13.8 Å². The fourth-order valence-corrected chi connectivity index (χ4v) is 2.04. The van der Waals surface area contributed by atoms with Crippen LogP contribution >= 0.6 is 15.9 Å². The summed E-state index contributed by atoms with van der Waals surface area (Å²) in [5.74, 6) is -1.14. The second-order valence-electron chi connectivity index (χ2n) is 3.90. The van der Waals surface area contributed by atoms with Crippen LogP contribution < -0.4 is 5.73 Å². The molecule has 0 aliphatic carbocycles. The van der Waals surface area contributed by atoms with Gasteiger partial charge in [0.2, 0.25) is 0 Å². The molecule has 1 heterocycles. The van der Waals surface area contributed by atoms with Gasteiger partial charge in [-0.1, -0.05) is 0 Å². The van der Waals surface area contributed by atoms with E-state index in [1.807, 2.05) is 0 Å². The van der Waals surface area contributed by atoms with Gasteiger partial charge >= 0.3 is 0 Å². The predicted molar refractivity (Wildman–Crippen MR) is 68.1 cm³/mol. The maximum Gasteiger partial charge on any atom is 0.145 e. The minimum Gasteiger partial charge on any atom is -0.333 e. The van der Waals surface area contributed by atoms with Crippen LogP contribution in [0.15, 0.2) is 29.1 Å². The molecular weight excluding hydrogens is 304 g/mol. The summed E-state index contributed by atoms with van der Waals surface area (Å²) in [4.78, 5) is 4.11. The molecule has 2 aromatic rings. The van der Waals surface area contributed by atoms with E-state index in [0.29, 0.717) is 13.0 Å². The normalized spacial score (nSPS) is 10.9. The number of benzene rings is 1. The topological polar surface area (TPSA) is 43.8 Å². The Labute approximate surface area is 112 Å². The van der Waals surface area contributed by atoms with Crippen molar-refractivity contribution in [3.8, 4) is 0 Å². The SMILES string of the molecule is NCCc1cn(Cc2c(F)ccc(Br)c2F)cn1. The van der Waals surface area contributed by atoms with Crippen LogP contribution in [0.1, 0.15) is 11.3 Å². The molecule has 0 spiro atoms. The summed E-state index contributed by atoms with van der Waals surface area (Å²) >= 11 is 3.04. The number of aromatic nitrogens is 2. The first-order valence-electron chi connectivity index (χ1n) is 5.45. The molecule has 0 saturated carbocycles. The van der Waals surface area contributed by atoms with Crippen LogP contribution in [-0.2, 0) is 13.0 Å². The van der Waals surface area contributed by atoms with E-state index >= 15 is 0 Å². The lowest BCUT2D eigenvalue weighted by atomic mass is 10.2. The van der Waals surface area contributed by atoms with E-state index in [4.69, 9.17) is 5.73 Å². The molecule has 1 aromatic carbocycles. The number of halogens is 3. The lowest BCUT2D eigenvalue weighted by molar-refractivity contribution is 0.540. The Bertz CT molecular complexity index is 554. The summed E-state index contributed by atoms with van der Waals surface area (Å²) in [7, 11) is 0. The van der Waals surface area contributed by atoms with Crippen LogP contribution in [0.4, 0.5) is 8.78 Å². The second-order valence-corrected chi connectivity index (χ2v) is 4.75. The van der Waals surface area contributed by atoms with Gasteiger partial charge in [0.15, 0.2) is 0 Å². The number of rotatable bonds is 4. The van der Waals surface area contributed by atoms with E-state index in [1.54, 1.807) is 17.1 Å². The van der Waals surface area contributed by atoms with E-state index in [0.717, 1.165) is 5.69 Å². The van der Waals surface area contributed by atoms with Crippen molar-refractivity contribution in [3.05, 3.63) is 52.0 Å². The van der Waals surface area contributed by atoms with E-state index in [1.165, 1.54) is 12.1 Å². The van der Waals surface area contributed by atoms with Crippen molar-refractivity contribution in [2.75, 3.05) is 6.54 Å². The van der Waals surface area contributed by atoms with E-state index in [9.17, 15) is 8.78 Å². The third kappa shape index (κ3) is 2.76. The zero-order valence-corrected chi connectivity index (χ0v) is 11.1. The van der Waals surface area contributed by atoms with Gasteiger partial charge in [0.25, 0.3) is 0 Å². The van der Waals surface area contributed by atoms with Crippen molar-refractivity contribution in [1.29, 1.82) is 0 Å². The van der Waals surface area contributed by atoms with Gasteiger partial charge in [-0.05, 0) is 34.6 Å². The van der Waals surface area contributed by atoms with Gasteiger partial charge in [-0.3, -0.25) is 0 Å². The number of nitrogens with zero attached hydrogens (tertiary/aromatic N) is 2. The van der Waals surface area contributed by atoms with Crippen LogP contribution in [-0.4, -0.2) is 16.1 Å². The van der Waals surface area contributed by atoms with Crippen LogP contribution in [0, 0.1) is 11.6 Å². The zero-order chi connectivity index (χ0) is 13.1. The summed E-state index contributed by atoms with van der Waals surface area (Å²) in [5.41, 5.74) is 6.24. The molecule has 0 aliphatic rings. The average Bonchev–Trinajstić information content (AvgIpc) is 2.78. The maximum absolute atomic E-state index is 13.8. The third-order valence-corrected chi connectivity index (χ3v) is 3.18. The molecule has 18 heavy (non-hydrogen) atoms. The van der Waals surface area contributed by atoms with Crippen molar-refractivity contribution in [2.24, 2.45) is 5.73 Å². The van der Waals surface area contributed by atoms with E-state index in [2.05, 4.69) is 20.9 Å². The molecule has 2 rings (SSSR count). The van der Waals surface area contributed by atoms with Crippen LogP contribution in [0.5, 0.6) is 0 Å². The Hall–Kier alpha value is -1.27. The number of imidazole rings is 1. The molecule has 96 valence electrons. The van der Waals surface area contributed by atoms with Crippen molar-refractivity contribution in [3.63, 3.8) is 0 Å². The highest BCUT2D eigenvalue weighted by molar-refractivity contribution is 9.10. The van der Waals surface area contributed by atoms with E-state index in [-0.39, 0.29) is 16.6 Å². The average molecular weight is 316 g/mol. The molecule has 1 aromatic heterocycles. The number of hydrogen-bond donors (Lipinski definition) is 1. The van der Waals surface area contributed by atoms with Crippen molar-refractivity contribution >= 4 is 15.9 Å². The molecule has 0 aliphatic heterocycles. The summed E-state index contributed by atoms with van der Waals surface area (Å²) in [5, 5.41) is 0. The van der Waals surface area contributed by atoms with Gasteiger partial charge in [0.1, 0.15) is 11.6 Å². The molecule has 0 radical (unpaired) electrons. The largest absolute Gasteiger partial charge is 0.333 e. The molecule has 0 fully saturated rings. The third-order valence-electron chi connectivity index (χ3n) is 2.57. The standard InChI is InChI=1S/C12H12BrF2N3/c13-10-1-2-11(14)9(12(10)15)6-18-5-8(3-4-16)17-7-18/h1-2,5,7H,3-4,6,16H2. The zero-order valence-electron chi connectivity index (χ0n) is 9.54.